The third-order valence-electron chi connectivity index (χ3n) is 2.14. The van der Waals surface area contributed by atoms with Crippen molar-refractivity contribution in [2.75, 3.05) is 11.5 Å². The number of anilines is 2. The number of hydrogen-bond acceptors (Lipinski definition) is 4. The van der Waals surface area contributed by atoms with Crippen LogP contribution in [0.3, 0.4) is 0 Å². The molecule has 0 spiro atoms. The molecule has 3 nitrogen and oxygen atoms in total. The lowest BCUT2D eigenvalue weighted by Crippen LogP contribution is -1.87. The molecule has 0 amide bonds. The second-order valence-corrected chi connectivity index (χ2v) is 4.14. The van der Waals surface area contributed by atoms with E-state index in [1.165, 1.54) is 11.3 Å². The molecular formula is C11H9N3S. The molecule has 0 saturated carbocycles. The van der Waals surface area contributed by atoms with E-state index in [0.717, 1.165) is 11.1 Å². The molecule has 2 aromatic rings. The van der Waals surface area contributed by atoms with E-state index in [1.54, 1.807) is 0 Å². The highest BCUT2D eigenvalue weighted by molar-refractivity contribution is 7.20. The van der Waals surface area contributed by atoms with Crippen LogP contribution in [0.1, 0.15) is 5.56 Å². The second kappa shape index (κ2) is 3.64. The standard InChI is InChI=1S/C11H9N3S/c12-6-8-9(11(14)15-10(8)13)7-4-2-1-3-5-7/h1-5H,13-14H2. The fourth-order valence-electron chi connectivity index (χ4n) is 1.47. The summed E-state index contributed by atoms with van der Waals surface area (Å²) < 4.78 is 0. The zero-order valence-corrected chi connectivity index (χ0v) is 8.71. The van der Waals surface area contributed by atoms with Crippen molar-refractivity contribution in [2.45, 2.75) is 0 Å². The summed E-state index contributed by atoms with van der Waals surface area (Å²) >= 11 is 1.25. The summed E-state index contributed by atoms with van der Waals surface area (Å²) in [6.07, 6.45) is 0. The van der Waals surface area contributed by atoms with Crippen molar-refractivity contribution in [1.82, 2.24) is 0 Å². The highest BCUT2D eigenvalue weighted by Crippen LogP contribution is 2.39. The first-order valence-electron chi connectivity index (χ1n) is 4.37. The summed E-state index contributed by atoms with van der Waals surface area (Å²) in [7, 11) is 0. The Morgan fingerprint density at radius 3 is 2.33 bits per heavy atom. The van der Waals surface area contributed by atoms with Crippen LogP contribution in [0, 0.1) is 11.3 Å². The van der Waals surface area contributed by atoms with Crippen molar-refractivity contribution in [3.8, 4) is 17.2 Å². The molecule has 15 heavy (non-hydrogen) atoms. The monoisotopic (exact) mass is 215 g/mol. The lowest BCUT2D eigenvalue weighted by atomic mass is 10.0. The van der Waals surface area contributed by atoms with Gasteiger partial charge in [0.25, 0.3) is 0 Å². The minimum absolute atomic E-state index is 0.476. The summed E-state index contributed by atoms with van der Waals surface area (Å²) in [6.45, 7) is 0. The molecule has 1 aromatic carbocycles. The second-order valence-electron chi connectivity index (χ2n) is 3.06. The lowest BCUT2D eigenvalue weighted by Gasteiger charge is -2.00. The maximum atomic E-state index is 9.00. The Hall–Kier alpha value is -1.99. The van der Waals surface area contributed by atoms with Gasteiger partial charge in [0.15, 0.2) is 0 Å². The fourth-order valence-corrected chi connectivity index (χ4v) is 2.28. The van der Waals surface area contributed by atoms with Gasteiger partial charge in [0.2, 0.25) is 0 Å². The molecule has 1 aromatic heterocycles. The molecule has 0 radical (unpaired) electrons. The SMILES string of the molecule is N#Cc1c(N)sc(N)c1-c1ccccc1. The number of nitrogens with zero attached hydrogens (tertiary/aromatic N) is 1. The Morgan fingerprint density at radius 2 is 1.73 bits per heavy atom. The van der Waals surface area contributed by atoms with Gasteiger partial charge in [-0.1, -0.05) is 41.7 Å². The van der Waals surface area contributed by atoms with Crippen molar-refractivity contribution in [1.29, 1.82) is 5.26 Å². The molecule has 0 unspecified atom stereocenters. The average Bonchev–Trinajstić information content (AvgIpc) is 2.54. The number of nitrogens with two attached hydrogens (primary N) is 2. The van der Waals surface area contributed by atoms with Crippen molar-refractivity contribution in [3.63, 3.8) is 0 Å². The summed E-state index contributed by atoms with van der Waals surface area (Å²) in [5, 5.41) is 10.1. The van der Waals surface area contributed by atoms with E-state index >= 15 is 0 Å². The third-order valence-corrected chi connectivity index (χ3v) is 2.99. The zero-order chi connectivity index (χ0) is 10.8. The number of benzene rings is 1. The van der Waals surface area contributed by atoms with E-state index in [4.69, 9.17) is 16.7 Å². The van der Waals surface area contributed by atoms with E-state index in [1.807, 2.05) is 30.3 Å². The van der Waals surface area contributed by atoms with Gasteiger partial charge in [-0.05, 0) is 5.56 Å². The number of rotatable bonds is 1. The molecule has 0 aliphatic carbocycles. The molecule has 2 rings (SSSR count). The van der Waals surface area contributed by atoms with Gasteiger partial charge in [-0.25, -0.2) is 0 Å². The van der Waals surface area contributed by atoms with E-state index in [9.17, 15) is 0 Å². The fraction of sp³-hybridized carbons (Fsp3) is 0. The molecule has 0 aliphatic rings. The van der Waals surface area contributed by atoms with E-state index < -0.39 is 0 Å². The third kappa shape index (κ3) is 1.53. The summed E-state index contributed by atoms with van der Waals surface area (Å²) in [6, 6.07) is 11.7. The first kappa shape index (κ1) is 9.56. The predicted octanol–water partition coefficient (Wildman–Crippen LogP) is 2.45. The van der Waals surface area contributed by atoms with Crippen LogP contribution in [0.15, 0.2) is 30.3 Å². The van der Waals surface area contributed by atoms with Gasteiger partial charge >= 0.3 is 0 Å². The normalized spacial score (nSPS) is 9.80. The molecule has 0 saturated heterocycles. The Balaban J connectivity index is 2.69. The molecular weight excluding hydrogens is 206 g/mol. The summed E-state index contributed by atoms with van der Waals surface area (Å²) in [5.41, 5.74) is 13.7. The lowest BCUT2D eigenvalue weighted by molar-refractivity contribution is 1.50. The van der Waals surface area contributed by atoms with Gasteiger partial charge in [0.1, 0.15) is 11.1 Å². The molecule has 4 N–H and O–H groups in total. The van der Waals surface area contributed by atoms with Crippen LogP contribution in [0.25, 0.3) is 11.1 Å². The Labute approximate surface area is 91.6 Å². The number of thiophene rings is 1. The van der Waals surface area contributed by atoms with Gasteiger partial charge in [0, 0.05) is 5.56 Å². The maximum absolute atomic E-state index is 9.00. The number of nitriles is 1. The van der Waals surface area contributed by atoms with Crippen LogP contribution in [-0.4, -0.2) is 0 Å². The van der Waals surface area contributed by atoms with Gasteiger partial charge in [-0.15, -0.1) is 0 Å². The molecule has 0 atom stereocenters. The minimum atomic E-state index is 0.476. The molecule has 0 bridgehead atoms. The van der Waals surface area contributed by atoms with Gasteiger partial charge in [0.05, 0.1) is 10.6 Å². The van der Waals surface area contributed by atoms with Crippen LogP contribution in [0.4, 0.5) is 10.0 Å². The van der Waals surface area contributed by atoms with Crippen molar-refractivity contribution in [3.05, 3.63) is 35.9 Å². The Kier molecular flexibility index (Phi) is 2.32. The first-order chi connectivity index (χ1) is 7.24. The van der Waals surface area contributed by atoms with Crippen LogP contribution >= 0.6 is 11.3 Å². The summed E-state index contributed by atoms with van der Waals surface area (Å²) in [5.74, 6) is 0. The van der Waals surface area contributed by atoms with E-state index in [0.29, 0.717) is 15.6 Å². The van der Waals surface area contributed by atoms with Crippen LogP contribution in [-0.2, 0) is 0 Å². The average molecular weight is 215 g/mol. The number of hydrogen-bond donors (Lipinski definition) is 2. The maximum Gasteiger partial charge on any atom is 0.106 e. The molecule has 0 aliphatic heterocycles. The number of nitrogen functional groups attached to an aromatic ring is 2. The first-order valence-corrected chi connectivity index (χ1v) is 5.19. The molecule has 4 heteroatoms. The van der Waals surface area contributed by atoms with E-state index in [2.05, 4.69) is 6.07 Å². The Morgan fingerprint density at radius 1 is 1.07 bits per heavy atom. The van der Waals surface area contributed by atoms with Gasteiger partial charge in [-0.3, -0.25) is 0 Å². The minimum Gasteiger partial charge on any atom is -0.390 e. The molecule has 74 valence electrons. The summed E-state index contributed by atoms with van der Waals surface area (Å²) in [4.78, 5) is 0. The predicted molar refractivity (Wildman–Crippen MR) is 63.3 cm³/mol. The van der Waals surface area contributed by atoms with Crippen LogP contribution in [0.5, 0.6) is 0 Å². The highest BCUT2D eigenvalue weighted by atomic mass is 32.1. The highest BCUT2D eigenvalue weighted by Gasteiger charge is 2.15. The molecule has 1 heterocycles. The molecule has 0 fully saturated rings. The quantitative estimate of drug-likeness (QED) is 0.767. The van der Waals surface area contributed by atoms with Gasteiger partial charge < -0.3 is 11.5 Å². The zero-order valence-electron chi connectivity index (χ0n) is 7.90. The van der Waals surface area contributed by atoms with Crippen molar-refractivity contribution < 1.29 is 0 Å². The largest absolute Gasteiger partial charge is 0.390 e. The topological polar surface area (TPSA) is 75.8 Å². The van der Waals surface area contributed by atoms with Crippen LogP contribution < -0.4 is 11.5 Å². The Bertz CT molecular complexity index is 523. The van der Waals surface area contributed by atoms with Crippen molar-refractivity contribution >= 4 is 21.3 Å². The van der Waals surface area contributed by atoms with E-state index in [-0.39, 0.29) is 0 Å². The van der Waals surface area contributed by atoms with Gasteiger partial charge in [-0.2, -0.15) is 5.26 Å². The smallest absolute Gasteiger partial charge is 0.106 e. The van der Waals surface area contributed by atoms with Crippen LogP contribution in [0.2, 0.25) is 0 Å². The van der Waals surface area contributed by atoms with Crippen molar-refractivity contribution in [2.24, 2.45) is 0 Å².